The number of nitrogens with zero attached hydrogens (tertiary/aromatic N) is 2. The van der Waals surface area contributed by atoms with Gasteiger partial charge in [0.2, 0.25) is 10.0 Å². The van der Waals surface area contributed by atoms with E-state index < -0.39 is 21.8 Å². The zero-order chi connectivity index (χ0) is 25.2. The molecule has 0 saturated heterocycles. The standard InChI is InChI=1S/C26H30F3N3O2S/c1-3-5-20-15-21-9-8-18(10-11-31-35(33,34)23-16-30-32(2)17-23)13-24(21)25(20)14-19-6-4-7-22(12-19)26(27,28)29/h4,6-9,12-13,16-17,20,25,31H,3,5,10-11,14-15H2,1-2H3. The molecule has 188 valence electrons. The molecule has 0 aliphatic heterocycles. The van der Waals surface area contributed by atoms with Crippen LogP contribution in [0.2, 0.25) is 0 Å². The van der Waals surface area contributed by atoms with Gasteiger partial charge in [0.25, 0.3) is 0 Å². The Morgan fingerprint density at radius 1 is 1.14 bits per heavy atom. The number of hydrogen-bond donors (Lipinski definition) is 1. The second-order valence-electron chi connectivity index (χ2n) is 9.29. The van der Waals surface area contributed by atoms with E-state index in [1.807, 2.05) is 6.07 Å². The first-order valence-electron chi connectivity index (χ1n) is 11.8. The van der Waals surface area contributed by atoms with E-state index in [0.29, 0.717) is 24.3 Å². The zero-order valence-corrected chi connectivity index (χ0v) is 20.7. The Kier molecular flexibility index (Phi) is 7.38. The second-order valence-corrected chi connectivity index (χ2v) is 11.1. The number of hydrogen-bond acceptors (Lipinski definition) is 3. The average molecular weight is 506 g/mol. The van der Waals surface area contributed by atoms with Crippen LogP contribution in [-0.2, 0) is 42.5 Å². The number of aryl methyl sites for hydroxylation is 1. The highest BCUT2D eigenvalue weighted by molar-refractivity contribution is 7.89. The monoisotopic (exact) mass is 505 g/mol. The van der Waals surface area contributed by atoms with Crippen molar-refractivity contribution in [1.29, 1.82) is 0 Å². The van der Waals surface area contributed by atoms with Crippen LogP contribution in [-0.4, -0.2) is 24.7 Å². The lowest BCUT2D eigenvalue weighted by Gasteiger charge is -2.21. The van der Waals surface area contributed by atoms with Crippen molar-refractivity contribution in [1.82, 2.24) is 14.5 Å². The van der Waals surface area contributed by atoms with Gasteiger partial charge in [0, 0.05) is 19.8 Å². The molecule has 35 heavy (non-hydrogen) atoms. The summed E-state index contributed by atoms with van der Waals surface area (Å²) in [5.41, 5.74) is 3.49. The minimum absolute atomic E-state index is 0.123. The fraction of sp³-hybridized carbons (Fsp3) is 0.423. The Labute approximate surface area is 204 Å². The van der Waals surface area contributed by atoms with E-state index >= 15 is 0 Å². The van der Waals surface area contributed by atoms with Crippen LogP contribution < -0.4 is 4.72 Å². The van der Waals surface area contributed by atoms with Crippen molar-refractivity contribution in [3.63, 3.8) is 0 Å². The number of sulfonamides is 1. The first-order valence-corrected chi connectivity index (χ1v) is 13.3. The zero-order valence-electron chi connectivity index (χ0n) is 19.8. The fourth-order valence-corrected chi connectivity index (χ4v) is 6.05. The summed E-state index contributed by atoms with van der Waals surface area (Å²) in [4.78, 5) is 0.123. The van der Waals surface area contributed by atoms with Gasteiger partial charge in [-0.3, -0.25) is 4.68 Å². The van der Waals surface area contributed by atoms with Crippen molar-refractivity contribution in [3.8, 4) is 0 Å². The van der Waals surface area contributed by atoms with Gasteiger partial charge in [0.15, 0.2) is 0 Å². The predicted molar refractivity (Wildman–Crippen MR) is 129 cm³/mol. The number of nitrogens with one attached hydrogen (secondary N) is 1. The van der Waals surface area contributed by atoms with Gasteiger partial charge in [0.1, 0.15) is 4.90 Å². The second kappa shape index (κ2) is 10.1. The third-order valence-corrected chi connectivity index (χ3v) is 8.14. The first kappa shape index (κ1) is 25.4. The highest BCUT2D eigenvalue weighted by Crippen LogP contribution is 2.43. The molecule has 2 atom stereocenters. The van der Waals surface area contributed by atoms with E-state index in [1.54, 1.807) is 13.1 Å². The van der Waals surface area contributed by atoms with E-state index in [4.69, 9.17) is 0 Å². The molecule has 0 saturated carbocycles. The van der Waals surface area contributed by atoms with E-state index in [1.165, 1.54) is 40.3 Å². The third kappa shape index (κ3) is 5.95. The molecule has 3 aromatic rings. The number of fused-ring (bicyclic) bond motifs is 1. The van der Waals surface area contributed by atoms with Gasteiger partial charge >= 0.3 is 6.18 Å². The molecule has 5 nitrogen and oxygen atoms in total. The summed E-state index contributed by atoms with van der Waals surface area (Å²) in [6.45, 7) is 2.37. The average Bonchev–Trinajstić information content (AvgIpc) is 3.38. The van der Waals surface area contributed by atoms with Crippen LogP contribution in [0.25, 0.3) is 0 Å². The lowest BCUT2D eigenvalue weighted by molar-refractivity contribution is -0.137. The molecule has 2 aromatic carbocycles. The fourth-order valence-electron chi connectivity index (χ4n) is 5.04. The molecule has 2 unspecified atom stereocenters. The number of benzene rings is 2. The Balaban J connectivity index is 1.50. The van der Waals surface area contributed by atoms with E-state index in [2.05, 4.69) is 28.9 Å². The Morgan fingerprint density at radius 2 is 1.94 bits per heavy atom. The predicted octanol–water partition coefficient (Wildman–Crippen LogP) is 5.26. The minimum atomic E-state index is -4.36. The molecule has 1 aliphatic rings. The summed E-state index contributed by atoms with van der Waals surface area (Å²) in [6.07, 6.45) is 2.41. The minimum Gasteiger partial charge on any atom is -0.274 e. The molecule has 9 heteroatoms. The summed E-state index contributed by atoms with van der Waals surface area (Å²) in [5, 5.41) is 3.91. The molecule has 1 N–H and O–H groups in total. The molecule has 0 spiro atoms. The summed E-state index contributed by atoms with van der Waals surface area (Å²) in [7, 11) is -1.97. The third-order valence-electron chi connectivity index (χ3n) is 6.73. The van der Waals surface area contributed by atoms with Crippen molar-refractivity contribution in [2.45, 2.75) is 56.0 Å². The van der Waals surface area contributed by atoms with Crippen molar-refractivity contribution in [2.75, 3.05) is 6.54 Å². The van der Waals surface area contributed by atoms with Crippen LogP contribution in [0.4, 0.5) is 13.2 Å². The van der Waals surface area contributed by atoms with Gasteiger partial charge in [-0.05, 0) is 65.8 Å². The summed E-state index contributed by atoms with van der Waals surface area (Å²) < 4.78 is 68.6. The quantitative estimate of drug-likeness (QED) is 0.432. The van der Waals surface area contributed by atoms with Crippen LogP contribution >= 0.6 is 0 Å². The molecule has 1 aliphatic carbocycles. The highest BCUT2D eigenvalue weighted by Gasteiger charge is 2.34. The van der Waals surface area contributed by atoms with Gasteiger partial charge in [-0.15, -0.1) is 0 Å². The number of rotatable bonds is 9. The van der Waals surface area contributed by atoms with Crippen molar-refractivity contribution >= 4 is 10.0 Å². The number of halogens is 3. The molecule has 4 rings (SSSR count). The molecular formula is C26H30F3N3O2S. The van der Waals surface area contributed by atoms with Gasteiger partial charge in [-0.25, -0.2) is 13.1 Å². The van der Waals surface area contributed by atoms with E-state index in [9.17, 15) is 21.6 Å². The van der Waals surface area contributed by atoms with Gasteiger partial charge < -0.3 is 0 Å². The largest absolute Gasteiger partial charge is 0.416 e. The highest BCUT2D eigenvalue weighted by atomic mass is 32.2. The van der Waals surface area contributed by atoms with Gasteiger partial charge in [-0.2, -0.15) is 18.3 Å². The summed E-state index contributed by atoms with van der Waals surface area (Å²) >= 11 is 0. The van der Waals surface area contributed by atoms with Crippen LogP contribution in [0.3, 0.4) is 0 Å². The molecule has 0 radical (unpaired) electrons. The van der Waals surface area contributed by atoms with Crippen LogP contribution in [0.5, 0.6) is 0 Å². The maximum Gasteiger partial charge on any atom is 0.416 e. The van der Waals surface area contributed by atoms with Crippen molar-refractivity contribution in [2.24, 2.45) is 13.0 Å². The lowest BCUT2D eigenvalue weighted by atomic mass is 9.83. The number of alkyl halides is 3. The Hall–Kier alpha value is -2.65. The van der Waals surface area contributed by atoms with Crippen molar-refractivity contribution in [3.05, 3.63) is 82.7 Å². The van der Waals surface area contributed by atoms with Crippen LogP contribution in [0.1, 0.15) is 53.5 Å². The Bertz CT molecular complexity index is 1280. The van der Waals surface area contributed by atoms with E-state index in [0.717, 1.165) is 30.9 Å². The topological polar surface area (TPSA) is 64.0 Å². The van der Waals surface area contributed by atoms with Crippen molar-refractivity contribution < 1.29 is 21.6 Å². The number of aromatic nitrogens is 2. The van der Waals surface area contributed by atoms with Gasteiger partial charge in [-0.1, -0.05) is 49.7 Å². The van der Waals surface area contributed by atoms with Gasteiger partial charge in [0.05, 0.1) is 11.8 Å². The molecule has 1 heterocycles. The van der Waals surface area contributed by atoms with E-state index in [-0.39, 0.29) is 17.4 Å². The SMILES string of the molecule is CCCC1Cc2ccc(CCNS(=O)(=O)c3cnn(C)c3)cc2C1Cc1cccc(C(F)(F)F)c1. The summed E-state index contributed by atoms with van der Waals surface area (Å²) in [5.74, 6) is 0.518. The molecule has 1 aromatic heterocycles. The Morgan fingerprint density at radius 3 is 2.63 bits per heavy atom. The molecule has 0 amide bonds. The molecule has 0 fully saturated rings. The first-order chi connectivity index (χ1) is 16.6. The van der Waals surface area contributed by atoms with Crippen LogP contribution in [0, 0.1) is 5.92 Å². The molecule has 0 bridgehead atoms. The maximum atomic E-state index is 13.2. The molecular weight excluding hydrogens is 475 g/mol. The summed E-state index contributed by atoms with van der Waals surface area (Å²) in [6, 6.07) is 11.9. The van der Waals surface area contributed by atoms with Crippen LogP contribution in [0.15, 0.2) is 59.8 Å². The normalized spacial score (nSPS) is 18.1. The lowest BCUT2D eigenvalue weighted by Crippen LogP contribution is -2.25. The maximum absolute atomic E-state index is 13.2. The smallest absolute Gasteiger partial charge is 0.274 e.